The second kappa shape index (κ2) is 8.73. The molecule has 0 bridgehead atoms. The summed E-state index contributed by atoms with van der Waals surface area (Å²) in [5.41, 5.74) is 5.20. The Morgan fingerprint density at radius 2 is 2.05 bits per heavy atom. The Labute approximate surface area is 111 Å². The van der Waals surface area contributed by atoms with Gasteiger partial charge in [0.2, 0.25) is 0 Å². The van der Waals surface area contributed by atoms with Crippen LogP contribution < -0.4 is 11.1 Å². The van der Waals surface area contributed by atoms with E-state index in [1.807, 2.05) is 0 Å². The summed E-state index contributed by atoms with van der Waals surface area (Å²) in [6.07, 6.45) is 2.21. The van der Waals surface area contributed by atoms with Crippen LogP contribution in [0.3, 0.4) is 0 Å². The number of carboxylic acids is 1. The van der Waals surface area contributed by atoms with Crippen LogP contribution >= 0.6 is 0 Å². The summed E-state index contributed by atoms with van der Waals surface area (Å²) in [6, 6.07) is -0.653. The molecule has 0 radical (unpaired) electrons. The van der Waals surface area contributed by atoms with E-state index >= 15 is 0 Å². The van der Waals surface area contributed by atoms with Gasteiger partial charge in [0.15, 0.2) is 0 Å². The maximum Gasteiger partial charge on any atom is 0.333 e. The number of nitrogens with two attached hydrogens (primary N) is 1. The van der Waals surface area contributed by atoms with Crippen LogP contribution in [0.2, 0.25) is 0 Å². The topological polar surface area (TPSA) is 119 Å². The summed E-state index contributed by atoms with van der Waals surface area (Å²) in [5, 5.41) is 11.3. The van der Waals surface area contributed by atoms with E-state index < -0.39 is 18.0 Å². The molecule has 0 saturated carbocycles. The molecular weight excluding hydrogens is 252 g/mol. The number of urea groups is 1. The molecule has 0 heterocycles. The van der Waals surface area contributed by atoms with Crippen LogP contribution in [-0.4, -0.2) is 36.7 Å². The highest BCUT2D eigenvalue weighted by molar-refractivity contribution is 5.89. The summed E-state index contributed by atoms with van der Waals surface area (Å²) in [4.78, 5) is 32.4. The Kier molecular flexibility index (Phi) is 7.67. The van der Waals surface area contributed by atoms with Crippen molar-refractivity contribution < 1.29 is 24.2 Å². The Balaban J connectivity index is 4.32. The van der Waals surface area contributed by atoms with Crippen molar-refractivity contribution in [3.05, 3.63) is 23.8 Å². The molecule has 0 unspecified atom stereocenters. The molecule has 4 N–H and O–H groups in total. The fourth-order valence-electron chi connectivity index (χ4n) is 1.26. The van der Waals surface area contributed by atoms with E-state index in [2.05, 4.69) is 16.6 Å². The molecule has 2 amide bonds. The van der Waals surface area contributed by atoms with E-state index in [0.717, 1.165) is 0 Å². The van der Waals surface area contributed by atoms with Crippen LogP contribution in [0.1, 0.15) is 19.3 Å². The van der Waals surface area contributed by atoms with Gasteiger partial charge in [-0.25, -0.2) is 14.4 Å². The van der Waals surface area contributed by atoms with Crippen LogP contribution in [0.4, 0.5) is 4.79 Å². The largest absolute Gasteiger partial charge is 0.478 e. The molecule has 0 aromatic rings. The average Bonchev–Trinajstić information content (AvgIpc) is 2.35. The third-order valence-electron chi connectivity index (χ3n) is 2.27. The maximum atomic E-state index is 11.1. The van der Waals surface area contributed by atoms with Gasteiger partial charge >= 0.3 is 18.0 Å². The van der Waals surface area contributed by atoms with Crippen LogP contribution in [0.5, 0.6) is 0 Å². The number of primary amides is 1. The Morgan fingerprint density at radius 1 is 1.42 bits per heavy atom. The smallest absolute Gasteiger partial charge is 0.333 e. The van der Waals surface area contributed by atoms with Gasteiger partial charge in [-0.1, -0.05) is 12.7 Å². The summed E-state index contributed by atoms with van der Waals surface area (Å²) in [6.45, 7) is 3.78. The van der Waals surface area contributed by atoms with Crippen molar-refractivity contribution >= 4 is 18.0 Å². The number of hydrogen-bond donors (Lipinski definition) is 3. The van der Waals surface area contributed by atoms with Crippen LogP contribution in [0.15, 0.2) is 23.8 Å². The fourth-order valence-corrected chi connectivity index (χ4v) is 1.26. The lowest BCUT2D eigenvalue weighted by Crippen LogP contribution is -2.30. The number of esters is 1. The Hall–Kier alpha value is -2.31. The highest BCUT2D eigenvalue weighted by atomic mass is 16.5. The summed E-state index contributed by atoms with van der Waals surface area (Å²) < 4.78 is 4.45. The van der Waals surface area contributed by atoms with Crippen LogP contribution in [-0.2, 0) is 14.3 Å². The number of carbonyl (C=O) groups is 3. The van der Waals surface area contributed by atoms with Crippen molar-refractivity contribution in [2.75, 3.05) is 13.7 Å². The molecule has 0 aromatic carbocycles. The molecule has 0 aliphatic rings. The van der Waals surface area contributed by atoms with Gasteiger partial charge in [-0.15, -0.1) is 0 Å². The normalized spacial score (nSPS) is 10.7. The number of ether oxygens (including phenoxy) is 1. The highest BCUT2D eigenvalue weighted by Gasteiger charge is 2.09. The van der Waals surface area contributed by atoms with E-state index in [-0.39, 0.29) is 30.5 Å². The van der Waals surface area contributed by atoms with E-state index in [0.29, 0.717) is 6.42 Å². The monoisotopic (exact) mass is 270 g/mol. The first-order valence-corrected chi connectivity index (χ1v) is 5.60. The van der Waals surface area contributed by atoms with E-state index in [1.54, 1.807) is 0 Å². The van der Waals surface area contributed by atoms with E-state index in [9.17, 15) is 14.4 Å². The van der Waals surface area contributed by atoms with Crippen molar-refractivity contribution in [1.82, 2.24) is 5.32 Å². The van der Waals surface area contributed by atoms with Gasteiger partial charge in [-0.05, 0) is 19.3 Å². The minimum absolute atomic E-state index is 0.109. The van der Waals surface area contributed by atoms with Crippen LogP contribution in [0.25, 0.3) is 0 Å². The molecule has 7 nitrogen and oxygen atoms in total. The highest BCUT2D eigenvalue weighted by Crippen LogP contribution is 2.10. The molecule has 7 heteroatoms. The van der Waals surface area contributed by atoms with Crippen molar-refractivity contribution in [2.24, 2.45) is 5.73 Å². The standard InChI is InChI=1S/C12H18N2O5/c1-8(11(17)19-2)5-6-9(10(15)16)4-3-7-14-12(13)18/h6H,1,3-5,7H2,2H3,(H,15,16)(H3,13,14,18). The SMILES string of the molecule is C=C(CC=C(CCCNC(N)=O)C(=O)O)C(=O)OC. The minimum atomic E-state index is -1.07. The second-order valence-corrected chi connectivity index (χ2v) is 3.73. The zero-order valence-electron chi connectivity index (χ0n) is 10.8. The number of rotatable bonds is 8. The maximum absolute atomic E-state index is 11.1. The van der Waals surface area contributed by atoms with Crippen molar-refractivity contribution in [3.63, 3.8) is 0 Å². The average molecular weight is 270 g/mol. The first-order valence-electron chi connectivity index (χ1n) is 5.60. The van der Waals surface area contributed by atoms with Gasteiger partial charge in [0.05, 0.1) is 7.11 Å². The molecule has 0 aromatic heterocycles. The number of carbonyl (C=O) groups excluding carboxylic acids is 2. The third kappa shape index (κ3) is 7.58. The van der Waals surface area contributed by atoms with Gasteiger partial charge in [0.1, 0.15) is 0 Å². The Morgan fingerprint density at radius 3 is 2.53 bits per heavy atom. The first-order chi connectivity index (χ1) is 8.88. The molecule has 0 saturated heterocycles. The summed E-state index contributed by atoms with van der Waals surface area (Å²) >= 11 is 0. The molecule has 0 aliphatic heterocycles. The molecule has 0 fully saturated rings. The second-order valence-electron chi connectivity index (χ2n) is 3.73. The van der Waals surface area contributed by atoms with E-state index in [1.165, 1.54) is 13.2 Å². The fraction of sp³-hybridized carbons (Fsp3) is 0.417. The zero-order valence-corrected chi connectivity index (χ0v) is 10.8. The van der Waals surface area contributed by atoms with Gasteiger partial charge in [0, 0.05) is 17.7 Å². The number of hydrogen-bond acceptors (Lipinski definition) is 4. The number of nitrogens with one attached hydrogen (secondary N) is 1. The molecular formula is C12H18N2O5. The molecule has 19 heavy (non-hydrogen) atoms. The number of methoxy groups -OCH3 is 1. The first kappa shape index (κ1) is 16.7. The van der Waals surface area contributed by atoms with Gasteiger partial charge in [-0.3, -0.25) is 0 Å². The lowest BCUT2D eigenvalue weighted by Gasteiger charge is -2.04. The van der Waals surface area contributed by atoms with Gasteiger partial charge < -0.3 is 20.9 Å². The molecule has 0 rings (SSSR count). The Bertz CT molecular complexity index is 401. The van der Waals surface area contributed by atoms with E-state index in [4.69, 9.17) is 10.8 Å². The zero-order chi connectivity index (χ0) is 14.8. The van der Waals surface area contributed by atoms with Gasteiger partial charge in [0.25, 0.3) is 0 Å². The third-order valence-corrected chi connectivity index (χ3v) is 2.27. The quantitative estimate of drug-likeness (QED) is 0.338. The van der Waals surface area contributed by atoms with Crippen molar-refractivity contribution in [2.45, 2.75) is 19.3 Å². The lowest BCUT2D eigenvalue weighted by atomic mass is 10.1. The number of amides is 2. The van der Waals surface area contributed by atoms with Crippen molar-refractivity contribution in [1.29, 1.82) is 0 Å². The summed E-state index contributed by atoms with van der Waals surface area (Å²) in [5.74, 6) is -1.65. The molecule has 0 spiro atoms. The summed E-state index contributed by atoms with van der Waals surface area (Å²) in [7, 11) is 1.23. The van der Waals surface area contributed by atoms with Crippen molar-refractivity contribution in [3.8, 4) is 0 Å². The lowest BCUT2D eigenvalue weighted by molar-refractivity contribution is -0.136. The molecule has 106 valence electrons. The number of carboxylic acid groups (broad SMARTS) is 1. The molecule has 0 aliphatic carbocycles. The van der Waals surface area contributed by atoms with Gasteiger partial charge in [-0.2, -0.15) is 0 Å². The number of aliphatic carboxylic acids is 1. The van der Waals surface area contributed by atoms with Crippen LogP contribution in [0, 0.1) is 0 Å². The minimum Gasteiger partial charge on any atom is -0.478 e. The predicted octanol–water partition coefficient (Wildman–Crippen LogP) is 0.565. The number of allylic oxidation sites excluding steroid dienone is 1. The molecule has 0 atom stereocenters. The predicted molar refractivity (Wildman–Crippen MR) is 68.3 cm³/mol.